The molecule has 4 rings (SSSR count). The highest BCUT2D eigenvalue weighted by Crippen LogP contribution is 2.13. The number of para-hydroxylation sites is 1. The average molecular weight is 364 g/mol. The summed E-state index contributed by atoms with van der Waals surface area (Å²) in [4.78, 5) is 23.4. The third kappa shape index (κ3) is 3.25. The van der Waals surface area contributed by atoms with Gasteiger partial charge in [0.15, 0.2) is 5.82 Å². The summed E-state index contributed by atoms with van der Waals surface area (Å²) < 4.78 is 1.73. The Kier molecular flexibility index (Phi) is 4.09. The molecule has 27 heavy (non-hydrogen) atoms. The molecule has 0 radical (unpaired) electrons. The Morgan fingerprint density at radius 1 is 1.04 bits per heavy atom. The van der Waals surface area contributed by atoms with E-state index < -0.39 is 10.8 Å². The Morgan fingerprint density at radius 3 is 2.59 bits per heavy atom. The van der Waals surface area contributed by atoms with Crippen LogP contribution < -0.4 is 0 Å². The van der Waals surface area contributed by atoms with Crippen LogP contribution in [0.1, 0.15) is 16.2 Å². The van der Waals surface area contributed by atoms with Crippen LogP contribution in [0, 0.1) is 10.1 Å². The van der Waals surface area contributed by atoms with Crippen LogP contribution in [-0.2, 0) is 13.0 Å². The molecule has 134 valence electrons. The van der Waals surface area contributed by atoms with Crippen molar-refractivity contribution in [1.82, 2.24) is 35.2 Å². The number of carbonyl (C=O) groups is 1. The minimum absolute atomic E-state index is 0.0983. The van der Waals surface area contributed by atoms with E-state index in [9.17, 15) is 14.9 Å². The molecule has 4 aromatic rings. The van der Waals surface area contributed by atoms with Crippen LogP contribution in [-0.4, -0.2) is 46.0 Å². The van der Waals surface area contributed by atoms with Gasteiger partial charge in [-0.15, -0.1) is 15.3 Å². The second-order valence-corrected chi connectivity index (χ2v) is 5.66. The molecule has 0 unspecified atom stereocenters. The normalized spacial score (nSPS) is 11.0. The summed E-state index contributed by atoms with van der Waals surface area (Å²) in [7, 11) is 0. The number of hydrogen-bond acceptors (Lipinski definition) is 8. The first-order chi connectivity index (χ1) is 13.1. The van der Waals surface area contributed by atoms with Crippen molar-refractivity contribution < 1.29 is 9.72 Å². The number of hydrogen-bond donors (Lipinski definition) is 0. The van der Waals surface area contributed by atoms with E-state index in [0.717, 1.165) is 15.8 Å². The number of nitro benzene ring substituents is 1. The SMILES string of the molecule is O=C(c1ccc([N+](=O)[O-])cc1)n1nnc(CCn2nnc3ccccc32)n1. The molecule has 0 amide bonds. The van der Waals surface area contributed by atoms with Gasteiger partial charge in [0.05, 0.1) is 17.0 Å². The number of rotatable bonds is 5. The molecule has 0 spiro atoms. The number of non-ortho nitro benzene ring substituents is 1. The first kappa shape index (κ1) is 16.4. The van der Waals surface area contributed by atoms with Crippen molar-refractivity contribution in [2.24, 2.45) is 0 Å². The van der Waals surface area contributed by atoms with Crippen LogP contribution >= 0.6 is 0 Å². The third-order valence-electron chi connectivity index (χ3n) is 3.93. The highest BCUT2D eigenvalue weighted by atomic mass is 16.6. The molecule has 0 bridgehead atoms. The van der Waals surface area contributed by atoms with Gasteiger partial charge in [0, 0.05) is 24.1 Å². The lowest BCUT2D eigenvalue weighted by molar-refractivity contribution is -0.384. The van der Waals surface area contributed by atoms with Crippen LogP contribution in [0.25, 0.3) is 11.0 Å². The van der Waals surface area contributed by atoms with Crippen molar-refractivity contribution in [2.75, 3.05) is 0 Å². The molecule has 0 N–H and O–H groups in total. The van der Waals surface area contributed by atoms with E-state index in [-0.39, 0.29) is 11.3 Å². The number of tetrazole rings is 1. The zero-order chi connectivity index (χ0) is 18.8. The molecule has 2 aromatic heterocycles. The molecule has 2 heterocycles. The van der Waals surface area contributed by atoms with Crippen LogP contribution in [0.15, 0.2) is 48.5 Å². The van der Waals surface area contributed by atoms with Crippen molar-refractivity contribution in [3.8, 4) is 0 Å². The maximum absolute atomic E-state index is 12.3. The third-order valence-corrected chi connectivity index (χ3v) is 3.93. The average Bonchev–Trinajstić information content (AvgIpc) is 3.33. The largest absolute Gasteiger partial charge is 0.297 e. The zero-order valence-corrected chi connectivity index (χ0v) is 13.8. The number of aryl methyl sites for hydroxylation is 2. The van der Waals surface area contributed by atoms with E-state index in [2.05, 4.69) is 25.7 Å². The van der Waals surface area contributed by atoms with Gasteiger partial charge >= 0.3 is 0 Å². The number of fused-ring (bicyclic) bond motifs is 1. The van der Waals surface area contributed by atoms with E-state index in [4.69, 9.17) is 0 Å². The van der Waals surface area contributed by atoms with E-state index in [1.54, 1.807) is 4.68 Å². The van der Waals surface area contributed by atoms with E-state index >= 15 is 0 Å². The van der Waals surface area contributed by atoms with Crippen LogP contribution in [0.2, 0.25) is 0 Å². The van der Waals surface area contributed by atoms with E-state index in [1.165, 1.54) is 24.3 Å². The van der Waals surface area contributed by atoms with Crippen molar-refractivity contribution in [2.45, 2.75) is 13.0 Å². The highest BCUT2D eigenvalue weighted by molar-refractivity contribution is 5.94. The van der Waals surface area contributed by atoms with Crippen LogP contribution in [0.3, 0.4) is 0 Å². The van der Waals surface area contributed by atoms with Crippen molar-refractivity contribution in [3.05, 3.63) is 70.0 Å². The van der Waals surface area contributed by atoms with Crippen molar-refractivity contribution >= 4 is 22.6 Å². The fourth-order valence-corrected chi connectivity index (χ4v) is 2.56. The molecule has 0 saturated carbocycles. The Balaban J connectivity index is 1.46. The molecule has 11 nitrogen and oxygen atoms in total. The number of carbonyl (C=O) groups excluding carboxylic acids is 1. The second kappa shape index (κ2) is 6.71. The van der Waals surface area contributed by atoms with Crippen LogP contribution in [0.4, 0.5) is 5.69 Å². The predicted octanol–water partition coefficient (Wildman–Crippen LogP) is 1.26. The molecular weight excluding hydrogens is 352 g/mol. The Morgan fingerprint density at radius 2 is 1.81 bits per heavy atom. The number of benzene rings is 2. The van der Waals surface area contributed by atoms with Gasteiger partial charge in [-0.3, -0.25) is 14.9 Å². The van der Waals surface area contributed by atoms with Gasteiger partial charge < -0.3 is 0 Å². The predicted molar refractivity (Wildman–Crippen MR) is 91.9 cm³/mol. The fraction of sp³-hybridized carbons (Fsp3) is 0.125. The summed E-state index contributed by atoms with van der Waals surface area (Å²) in [6.45, 7) is 0.484. The summed E-state index contributed by atoms with van der Waals surface area (Å²) >= 11 is 0. The van der Waals surface area contributed by atoms with Crippen molar-refractivity contribution in [1.29, 1.82) is 0 Å². The minimum atomic E-state index is -0.534. The fourth-order valence-electron chi connectivity index (χ4n) is 2.56. The molecule has 0 aliphatic rings. The number of nitrogens with zero attached hydrogens (tertiary/aromatic N) is 8. The van der Waals surface area contributed by atoms with Gasteiger partial charge in [0.1, 0.15) is 5.52 Å². The van der Waals surface area contributed by atoms with Gasteiger partial charge in [-0.2, -0.15) is 0 Å². The summed E-state index contributed by atoms with van der Waals surface area (Å²) in [5, 5.41) is 30.5. The molecule has 0 aliphatic heterocycles. The summed E-state index contributed by atoms with van der Waals surface area (Å²) in [5.74, 6) is -0.139. The highest BCUT2D eigenvalue weighted by Gasteiger charge is 2.15. The molecule has 0 aliphatic carbocycles. The quantitative estimate of drug-likeness (QED) is 0.381. The lowest BCUT2D eigenvalue weighted by atomic mass is 10.2. The lowest BCUT2D eigenvalue weighted by Gasteiger charge is -1.99. The lowest BCUT2D eigenvalue weighted by Crippen LogP contribution is -2.15. The van der Waals surface area contributed by atoms with E-state index in [0.29, 0.717) is 18.8 Å². The Labute approximate surface area is 151 Å². The Bertz CT molecular complexity index is 1130. The molecule has 2 aromatic carbocycles. The van der Waals surface area contributed by atoms with Gasteiger partial charge in [-0.1, -0.05) is 22.1 Å². The number of aromatic nitrogens is 7. The molecule has 0 saturated heterocycles. The molecule has 0 atom stereocenters. The van der Waals surface area contributed by atoms with Gasteiger partial charge in [-0.25, -0.2) is 4.68 Å². The summed E-state index contributed by atoms with van der Waals surface area (Å²) in [6, 6.07) is 12.8. The van der Waals surface area contributed by atoms with Gasteiger partial charge in [0.2, 0.25) is 0 Å². The van der Waals surface area contributed by atoms with Gasteiger partial charge in [-0.05, 0) is 29.5 Å². The molecule has 0 fully saturated rings. The molecule has 11 heteroatoms. The van der Waals surface area contributed by atoms with Gasteiger partial charge in [0.25, 0.3) is 11.6 Å². The Hall–Kier alpha value is -4.02. The minimum Gasteiger partial charge on any atom is -0.265 e. The first-order valence-corrected chi connectivity index (χ1v) is 7.98. The second-order valence-electron chi connectivity index (χ2n) is 5.66. The molecular formula is C16H12N8O3. The summed E-state index contributed by atoms with van der Waals surface area (Å²) in [5.41, 5.74) is 1.82. The smallest absolute Gasteiger partial charge is 0.265 e. The maximum atomic E-state index is 12.3. The summed E-state index contributed by atoms with van der Waals surface area (Å²) in [6.07, 6.45) is 0.418. The maximum Gasteiger partial charge on any atom is 0.297 e. The van der Waals surface area contributed by atoms with Crippen molar-refractivity contribution in [3.63, 3.8) is 0 Å². The van der Waals surface area contributed by atoms with Crippen LogP contribution in [0.5, 0.6) is 0 Å². The zero-order valence-electron chi connectivity index (χ0n) is 13.8. The standard InChI is InChI=1S/C16H12N8O3/c25-16(11-5-7-12(8-6-11)24(26)27)23-19-15(18-21-23)9-10-22-14-4-2-1-3-13(14)17-20-22/h1-8H,9-10H2. The van der Waals surface area contributed by atoms with E-state index in [1.807, 2.05) is 24.3 Å². The monoisotopic (exact) mass is 364 g/mol. The number of nitro groups is 1. The topological polar surface area (TPSA) is 135 Å². The first-order valence-electron chi connectivity index (χ1n) is 7.98.